The minimum Gasteiger partial charge on any atom is -0.316 e. The summed E-state index contributed by atoms with van der Waals surface area (Å²) in [4.78, 5) is -0.640. The van der Waals surface area contributed by atoms with Gasteiger partial charge in [-0.05, 0) is 50.4 Å². The monoisotopic (exact) mass is 340 g/mol. The van der Waals surface area contributed by atoms with Gasteiger partial charge in [-0.15, -0.1) is 12.4 Å². The average Bonchev–Trinajstić information content (AvgIpc) is 2.42. The molecule has 0 bridgehead atoms. The summed E-state index contributed by atoms with van der Waals surface area (Å²) in [5.41, 5.74) is 0. The molecule has 1 aromatic rings. The number of hydrogen-bond acceptors (Lipinski definition) is 3. The first-order valence-corrected chi connectivity index (χ1v) is 8.13. The van der Waals surface area contributed by atoms with E-state index in [1.165, 1.54) is 6.07 Å². The van der Waals surface area contributed by atoms with Gasteiger partial charge >= 0.3 is 0 Å². The molecule has 0 spiro atoms. The summed E-state index contributed by atoms with van der Waals surface area (Å²) in [6.07, 6.45) is 2.82. The van der Waals surface area contributed by atoms with Gasteiger partial charge in [0.15, 0.2) is 11.6 Å². The maximum atomic E-state index is 13.5. The number of hydrogen-bond donors (Lipinski definition) is 2. The fourth-order valence-electron chi connectivity index (χ4n) is 2.34. The quantitative estimate of drug-likeness (QED) is 0.862. The number of nitrogens with one attached hydrogen (secondary N) is 2. The molecule has 2 rings (SSSR count). The van der Waals surface area contributed by atoms with Crippen molar-refractivity contribution >= 4 is 22.4 Å². The van der Waals surface area contributed by atoms with E-state index in [-0.39, 0.29) is 19.0 Å². The van der Waals surface area contributed by atoms with Crippen molar-refractivity contribution < 1.29 is 17.2 Å². The lowest BCUT2D eigenvalue weighted by Gasteiger charge is -2.22. The molecule has 0 amide bonds. The molecule has 1 heterocycles. The van der Waals surface area contributed by atoms with Gasteiger partial charge in [0.05, 0.1) is 0 Å². The van der Waals surface area contributed by atoms with Gasteiger partial charge in [0.2, 0.25) is 10.0 Å². The normalized spacial score (nSPS) is 19.0. The Hall–Kier alpha value is -0.760. The molecule has 0 aromatic heterocycles. The molecule has 1 saturated heterocycles. The minimum absolute atomic E-state index is 0. The van der Waals surface area contributed by atoms with Crippen LogP contribution in [0.3, 0.4) is 0 Å². The summed E-state index contributed by atoms with van der Waals surface area (Å²) in [5.74, 6) is -2.08. The molecule has 21 heavy (non-hydrogen) atoms. The first-order chi connectivity index (χ1) is 9.50. The molecule has 2 N–H and O–H groups in total. The highest BCUT2D eigenvalue weighted by atomic mass is 35.5. The molecule has 4 nitrogen and oxygen atoms in total. The van der Waals surface area contributed by atoms with Crippen LogP contribution in [0.25, 0.3) is 0 Å². The zero-order chi connectivity index (χ0) is 14.6. The minimum atomic E-state index is -4.00. The van der Waals surface area contributed by atoms with Crippen LogP contribution in [0.2, 0.25) is 0 Å². The Kier molecular flexibility index (Phi) is 6.99. The predicted molar refractivity (Wildman–Crippen MR) is 79.0 cm³/mol. The van der Waals surface area contributed by atoms with Crippen LogP contribution in [0.1, 0.15) is 19.3 Å². The Morgan fingerprint density at radius 2 is 2.10 bits per heavy atom. The van der Waals surface area contributed by atoms with Crippen molar-refractivity contribution in [1.82, 2.24) is 10.0 Å². The molecule has 1 aliphatic heterocycles. The van der Waals surface area contributed by atoms with Crippen molar-refractivity contribution in [3.63, 3.8) is 0 Å². The van der Waals surface area contributed by atoms with Crippen LogP contribution in [-0.4, -0.2) is 28.1 Å². The summed E-state index contributed by atoms with van der Waals surface area (Å²) in [7, 11) is -4.00. The number of halogens is 3. The van der Waals surface area contributed by atoms with Crippen LogP contribution in [0, 0.1) is 17.6 Å². The highest BCUT2D eigenvalue weighted by molar-refractivity contribution is 7.89. The molecule has 1 aliphatic rings. The van der Waals surface area contributed by atoms with Gasteiger partial charge in [-0.25, -0.2) is 21.9 Å². The fraction of sp³-hybridized carbons (Fsp3) is 0.538. The lowest BCUT2D eigenvalue weighted by Crippen LogP contribution is -2.33. The van der Waals surface area contributed by atoms with Crippen LogP contribution in [-0.2, 0) is 10.0 Å². The summed E-state index contributed by atoms with van der Waals surface area (Å²) in [6.45, 7) is 2.09. The van der Waals surface area contributed by atoms with Gasteiger partial charge < -0.3 is 5.32 Å². The number of benzene rings is 1. The molecule has 1 aromatic carbocycles. The average molecular weight is 341 g/mol. The first-order valence-electron chi connectivity index (χ1n) is 6.65. The van der Waals surface area contributed by atoms with Crippen LogP contribution in [0.15, 0.2) is 23.1 Å². The van der Waals surface area contributed by atoms with E-state index in [1.54, 1.807) is 0 Å². The Morgan fingerprint density at radius 1 is 1.33 bits per heavy atom. The van der Waals surface area contributed by atoms with E-state index < -0.39 is 26.6 Å². The van der Waals surface area contributed by atoms with Crippen LogP contribution < -0.4 is 10.0 Å². The summed E-state index contributed by atoms with van der Waals surface area (Å²) >= 11 is 0. The molecular weight excluding hydrogens is 322 g/mol. The Bertz CT molecular complexity index is 563. The summed E-state index contributed by atoms with van der Waals surface area (Å²) < 4.78 is 52.7. The van der Waals surface area contributed by atoms with E-state index in [1.807, 2.05) is 0 Å². The van der Waals surface area contributed by atoms with Crippen molar-refractivity contribution in [2.24, 2.45) is 5.92 Å². The Morgan fingerprint density at radius 3 is 2.76 bits per heavy atom. The van der Waals surface area contributed by atoms with E-state index >= 15 is 0 Å². The van der Waals surface area contributed by atoms with Crippen LogP contribution in [0.4, 0.5) is 8.78 Å². The Labute approximate surface area is 129 Å². The molecule has 0 saturated carbocycles. The number of piperidine rings is 1. The zero-order valence-electron chi connectivity index (χ0n) is 11.4. The fourth-order valence-corrected chi connectivity index (χ4v) is 3.47. The second-order valence-electron chi connectivity index (χ2n) is 4.95. The zero-order valence-corrected chi connectivity index (χ0v) is 13.1. The summed E-state index contributed by atoms with van der Waals surface area (Å²) in [6, 6.07) is 3.13. The standard InChI is InChI=1S/C13H18F2N2O2S.ClH/c14-11-4-1-5-12(13(11)15)20(18,19)17-8-6-10-3-2-7-16-9-10;/h1,4-5,10,16-17H,2-3,6-9H2;1H. The number of sulfonamides is 1. The third-order valence-electron chi connectivity index (χ3n) is 3.45. The third-order valence-corrected chi connectivity index (χ3v) is 4.93. The second kappa shape index (κ2) is 8.03. The van der Waals surface area contributed by atoms with Crippen LogP contribution >= 0.6 is 12.4 Å². The van der Waals surface area contributed by atoms with E-state index in [0.717, 1.165) is 38.1 Å². The van der Waals surface area contributed by atoms with Crippen LogP contribution in [0.5, 0.6) is 0 Å². The predicted octanol–water partition coefficient (Wildman–Crippen LogP) is 2.05. The summed E-state index contributed by atoms with van der Waals surface area (Å²) in [5, 5.41) is 3.24. The molecule has 8 heteroatoms. The topological polar surface area (TPSA) is 58.2 Å². The van der Waals surface area contributed by atoms with E-state index in [9.17, 15) is 17.2 Å². The van der Waals surface area contributed by atoms with Gasteiger partial charge in [0, 0.05) is 6.54 Å². The van der Waals surface area contributed by atoms with Gasteiger partial charge in [-0.2, -0.15) is 0 Å². The highest BCUT2D eigenvalue weighted by Gasteiger charge is 2.21. The smallest absolute Gasteiger partial charge is 0.243 e. The molecule has 0 aliphatic carbocycles. The maximum Gasteiger partial charge on any atom is 0.243 e. The number of rotatable bonds is 5. The Balaban J connectivity index is 0.00000220. The van der Waals surface area contributed by atoms with E-state index in [2.05, 4.69) is 10.0 Å². The molecular formula is C13H19ClF2N2O2S. The van der Waals surface area contributed by atoms with Gasteiger partial charge in [-0.3, -0.25) is 0 Å². The van der Waals surface area contributed by atoms with Crippen molar-refractivity contribution in [2.45, 2.75) is 24.2 Å². The van der Waals surface area contributed by atoms with Crippen molar-refractivity contribution in [1.29, 1.82) is 0 Å². The second-order valence-corrected chi connectivity index (χ2v) is 6.69. The molecule has 1 atom stereocenters. The lowest BCUT2D eigenvalue weighted by molar-refractivity contribution is 0.358. The SMILES string of the molecule is Cl.O=S(=O)(NCCC1CCCNC1)c1cccc(F)c1F. The van der Waals surface area contributed by atoms with Gasteiger partial charge in [0.1, 0.15) is 4.90 Å². The molecule has 1 unspecified atom stereocenters. The first kappa shape index (κ1) is 18.3. The van der Waals surface area contributed by atoms with Crippen molar-refractivity contribution in [3.05, 3.63) is 29.8 Å². The molecule has 120 valence electrons. The third kappa shape index (κ3) is 4.88. The maximum absolute atomic E-state index is 13.5. The van der Waals surface area contributed by atoms with E-state index in [0.29, 0.717) is 12.3 Å². The molecule has 0 radical (unpaired) electrons. The largest absolute Gasteiger partial charge is 0.316 e. The lowest BCUT2D eigenvalue weighted by atomic mass is 9.96. The van der Waals surface area contributed by atoms with Crippen molar-refractivity contribution in [2.75, 3.05) is 19.6 Å². The van der Waals surface area contributed by atoms with E-state index in [4.69, 9.17) is 0 Å². The molecule has 1 fully saturated rings. The van der Waals surface area contributed by atoms with Gasteiger partial charge in [-0.1, -0.05) is 6.07 Å². The highest BCUT2D eigenvalue weighted by Crippen LogP contribution is 2.17. The van der Waals surface area contributed by atoms with Crippen molar-refractivity contribution in [3.8, 4) is 0 Å². The van der Waals surface area contributed by atoms with Gasteiger partial charge in [0.25, 0.3) is 0 Å².